The zero-order valence-corrected chi connectivity index (χ0v) is 10.0. The summed E-state index contributed by atoms with van der Waals surface area (Å²) in [7, 11) is -1.06. The summed E-state index contributed by atoms with van der Waals surface area (Å²) >= 11 is 0. The summed E-state index contributed by atoms with van der Waals surface area (Å²) in [5, 5.41) is 9.49. The monoisotopic (exact) mass is 272 g/mol. The van der Waals surface area contributed by atoms with Crippen LogP contribution in [0.15, 0.2) is 18.2 Å². The molecule has 0 saturated heterocycles. The molecule has 7 heteroatoms. The number of alkyl halides is 3. The minimum atomic E-state index is -4.23. The van der Waals surface area contributed by atoms with Gasteiger partial charge in [-0.2, -0.15) is 13.2 Å². The van der Waals surface area contributed by atoms with Gasteiger partial charge in [0.2, 0.25) is 0 Å². The molecule has 3 nitrogen and oxygen atoms in total. The molecular weight excluding hydrogens is 260 g/mol. The number of carbonyl (C=O) groups excluding carboxylic acids is 1. The molecule has 0 unspecified atom stereocenters. The van der Waals surface area contributed by atoms with Gasteiger partial charge in [-0.05, 0) is 17.4 Å². The lowest BCUT2D eigenvalue weighted by Gasteiger charge is -2.06. The van der Waals surface area contributed by atoms with E-state index in [-0.39, 0.29) is 25.2 Å². The lowest BCUT2D eigenvalue weighted by molar-refractivity contribution is -0.135. The van der Waals surface area contributed by atoms with Gasteiger partial charge >= 0.3 is 13.3 Å². The molecule has 0 amide bonds. The molecular formula is C12H12BF3O3. The molecule has 0 aromatic heterocycles. The summed E-state index contributed by atoms with van der Waals surface area (Å²) in [4.78, 5) is 11.7. The van der Waals surface area contributed by atoms with Crippen molar-refractivity contribution in [2.24, 2.45) is 0 Å². The maximum Gasteiger partial charge on any atom is 0.491 e. The van der Waals surface area contributed by atoms with Gasteiger partial charge in [0.05, 0.1) is 6.61 Å². The molecule has 1 N–H and O–H groups in total. The van der Waals surface area contributed by atoms with E-state index in [1.54, 1.807) is 12.1 Å². The van der Waals surface area contributed by atoms with E-state index in [0.717, 1.165) is 5.56 Å². The highest BCUT2D eigenvalue weighted by Gasteiger charge is 2.29. The van der Waals surface area contributed by atoms with Crippen LogP contribution in [0, 0.1) is 0 Å². The van der Waals surface area contributed by atoms with Gasteiger partial charge in [0.25, 0.3) is 0 Å². The second-order valence-electron chi connectivity index (χ2n) is 4.47. The third-order valence-electron chi connectivity index (χ3n) is 2.99. The number of Topliss-reactive ketones (excluding diaryl/α,β-unsaturated/α-hetero) is 1. The molecule has 1 aliphatic heterocycles. The number of benzene rings is 1. The maximum absolute atomic E-state index is 12.0. The molecule has 1 aliphatic rings. The van der Waals surface area contributed by atoms with E-state index in [9.17, 15) is 23.0 Å². The van der Waals surface area contributed by atoms with Crippen LogP contribution < -0.4 is 5.46 Å². The Balaban J connectivity index is 1.99. The Morgan fingerprint density at radius 2 is 2.16 bits per heavy atom. The third kappa shape index (κ3) is 3.57. The highest BCUT2D eigenvalue weighted by Crippen LogP contribution is 2.23. The van der Waals surface area contributed by atoms with Gasteiger partial charge in [-0.1, -0.05) is 18.2 Å². The first-order valence-electron chi connectivity index (χ1n) is 5.89. The number of halogens is 3. The van der Waals surface area contributed by atoms with Crippen molar-refractivity contribution in [3.05, 3.63) is 29.3 Å². The minimum Gasteiger partial charge on any atom is -0.423 e. The Labute approximate surface area is 108 Å². The van der Waals surface area contributed by atoms with Gasteiger partial charge in [0.15, 0.2) is 5.78 Å². The van der Waals surface area contributed by atoms with Gasteiger partial charge in [0, 0.05) is 18.4 Å². The molecule has 0 spiro atoms. The van der Waals surface area contributed by atoms with Crippen molar-refractivity contribution >= 4 is 18.4 Å². The summed E-state index contributed by atoms with van der Waals surface area (Å²) in [5.74, 6) is -0.355. The van der Waals surface area contributed by atoms with E-state index in [1.165, 1.54) is 6.07 Å². The van der Waals surface area contributed by atoms with E-state index in [0.29, 0.717) is 11.0 Å². The highest BCUT2D eigenvalue weighted by atomic mass is 19.4. The third-order valence-corrected chi connectivity index (χ3v) is 2.99. The van der Waals surface area contributed by atoms with Crippen LogP contribution in [0.3, 0.4) is 0 Å². The molecule has 0 bridgehead atoms. The van der Waals surface area contributed by atoms with Crippen LogP contribution in [0.1, 0.15) is 35.2 Å². The van der Waals surface area contributed by atoms with Crippen molar-refractivity contribution in [3.8, 4) is 0 Å². The summed E-state index contributed by atoms with van der Waals surface area (Å²) in [6.07, 6.45) is -5.58. The van der Waals surface area contributed by atoms with Gasteiger partial charge in [-0.3, -0.25) is 4.79 Å². The zero-order valence-electron chi connectivity index (χ0n) is 10.0. The van der Waals surface area contributed by atoms with Crippen LogP contribution in [-0.4, -0.2) is 24.1 Å². The number of fused-ring (bicyclic) bond motifs is 1. The van der Waals surface area contributed by atoms with E-state index in [4.69, 9.17) is 4.65 Å². The fourth-order valence-electron chi connectivity index (χ4n) is 1.98. The first-order chi connectivity index (χ1) is 8.87. The van der Waals surface area contributed by atoms with Crippen LogP contribution in [-0.2, 0) is 11.3 Å². The molecule has 102 valence electrons. The Morgan fingerprint density at radius 1 is 1.42 bits per heavy atom. The average Bonchev–Trinajstić information content (AvgIpc) is 2.69. The van der Waals surface area contributed by atoms with Crippen LogP contribution >= 0.6 is 0 Å². The average molecular weight is 272 g/mol. The summed E-state index contributed by atoms with van der Waals surface area (Å²) in [6.45, 7) is 0.277. The first-order valence-corrected chi connectivity index (χ1v) is 5.89. The van der Waals surface area contributed by atoms with Crippen LogP contribution in [0.25, 0.3) is 0 Å². The summed E-state index contributed by atoms with van der Waals surface area (Å²) in [5.41, 5.74) is 1.62. The molecule has 1 aromatic rings. The number of ketones is 1. The van der Waals surface area contributed by atoms with E-state index >= 15 is 0 Å². The lowest BCUT2D eigenvalue weighted by Crippen LogP contribution is -2.28. The Bertz CT molecular complexity index is 488. The molecule has 0 saturated carbocycles. The number of hydrogen-bond acceptors (Lipinski definition) is 3. The first kappa shape index (κ1) is 14.1. The Kier molecular flexibility index (Phi) is 3.96. The van der Waals surface area contributed by atoms with E-state index in [2.05, 4.69) is 0 Å². The Hall–Kier alpha value is -1.34. The van der Waals surface area contributed by atoms with Crippen LogP contribution in [0.2, 0.25) is 0 Å². The quantitative estimate of drug-likeness (QED) is 0.671. The van der Waals surface area contributed by atoms with Crippen molar-refractivity contribution < 1.29 is 27.6 Å². The van der Waals surface area contributed by atoms with E-state index in [1.807, 2.05) is 0 Å². The molecule has 2 rings (SSSR count). The topological polar surface area (TPSA) is 46.5 Å². The standard InChI is InChI=1S/C12H12BF3O3/c14-12(15,16)5-1-2-11(17)8-3-4-9-7-19-13(18)10(9)6-8/h3-4,6,18H,1-2,5,7H2. The molecule has 0 radical (unpaired) electrons. The van der Waals surface area contributed by atoms with Crippen molar-refractivity contribution in [2.75, 3.05) is 0 Å². The van der Waals surface area contributed by atoms with Gasteiger partial charge in [0.1, 0.15) is 0 Å². The van der Waals surface area contributed by atoms with E-state index < -0.39 is 19.7 Å². The van der Waals surface area contributed by atoms with Crippen molar-refractivity contribution in [1.82, 2.24) is 0 Å². The second-order valence-corrected chi connectivity index (χ2v) is 4.47. The van der Waals surface area contributed by atoms with Crippen molar-refractivity contribution in [1.29, 1.82) is 0 Å². The molecule has 1 heterocycles. The summed E-state index contributed by atoms with van der Waals surface area (Å²) < 4.78 is 40.9. The number of hydrogen-bond donors (Lipinski definition) is 1. The largest absolute Gasteiger partial charge is 0.491 e. The predicted octanol–water partition coefficient (Wildman–Crippen LogP) is 1.82. The molecule has 0 atom stereocenters. The SMILES string of the molecule is O=C(CCCC(F)(F)F)c1ccc2c(c1)B(O)OC2. The van der Waals surface area contributed by atoms with Gasteiger partial charge in [-0.15, -0.1) is 0 Å². The molecule has 0 aliphatic carbocycles. The Morgan fingerprint density at radius 3 is 2.84 bits per heavy atom. The fraction of sp³-hybridized carbons (Fsp3) is 0.417. The van der Waals surface area contributed by atoms with Gasteiger partial charge < -0.3 is 9.68 Å². The maximum atomic E-state index is 12.0. The van der Waals surface area contributed by atoms with Gasteiger partial charge in [-0.25, -0.2) is 0 Å². The lowest BCUT2D eigenvalue weighted by atomic mass is 9.78. The second kappa shape index (κ2) is 5.34. The number of rotatable bonds is 4. The molecule has 1 aromatic carbocycles. The molecule has 19 heavy (non-hydrogen) atoms. The normalized spacial score (nSPS) is 14.6. The van der Waals surface area contributed by atoms with Crippen LogP contribution in [0.5, 0.6) is 0 Å². The fourth-order valence-corrected chi connectivity index (χ4v) is 1.98. The number of carbonyl (C=O) groups is 1. The van der Waals surface area contributed by atoms with Crippen molar-refractivity contribution in [2.45, 2.75) is 32.0 Å². The zero-order chi connectivity index (χ0) is 14.0. The predicted molar refractivity (Wildman–Crippen MR) is 63.1 cm³/mol. The summed E-state index contributed by atoms with van der Waals surface area (Å²) in [6, 6.07) is 4.70. The van der Waals surface area contributed by atoms with Crippen molar-refractivity contribution in [3.63, 3.8) is 0 Å². The van der Waals surface area contributed by atoms with Crippen LogP contribution in [0.4, 0.5) is 13.2 Å². The smallest absolute Gasteiger partial charge is 0.423 e. The highest BCUT2D eigenvalue weighted by molar-refractivity contribution is 6.61. The molecule has 0 fully saturated rings. The minimum absolute atomic E-state index is 0.157.